The van der Waals surface area contributed by atoms with Crippen molar-refractivity contribution in [3.8, 4) is 11.5 Å². The van der Waals surface area contributed by atoms with Crippen molar-refractivity contribution >= 4 is 14.0 Å². The van der Waals surface area contributed by atoms with Crippen LogP contribution in [0.3, 0.4) is 0 Å². The molecule has 5 atom stereocenters. The van der Waals surface area contributed by atoms with Crippen LogP contribution in [0.2, 0.25) is 19.6 Å². The van der Waals surface area contributed by atoms with E-state index in [-0.39, 0.29) is 23.9 Å². The summed E-state index contributed by atoms with van der Waals surface area (Å²) >= 11 is 0. The van der Waals surface area contributed by atoms with Crippen LogP contribution in [-0.4, -0.2) is 20.1 Å². The van der Waals surface area contributed by atoms with E-state index in [0.717, 1.165) is 6.42 Å². The molecule has 114 valence electrons. The molecule has 0 amide bonds. The first-order valence-electron chi connectivity index (χ1n) is 8.30. The minimum absolute atomic E-state index is 0.0168. The zero-order valence-corrected chi connectivity index (χ0v) is 14.6. The fourth-order valence-electron chi connectivity index (χ4n) is 4.16. The van der Waals surface area contributed by atoms with Crippen LogP contribution >= 0.6 is 0 Å². The average molecular weight is 302 g/mol. The molecule has 2 aliphatic carbocycles. The van der Waals surface area contributed by atoms with Gasteiger partial charge in [0.1, 0.15) is 14.2 Å². The summed E-state index contributed by atoms with van der Waals surface area (Å²) in [5.41, 5.74) is 5.06. The molecule has 3 rings (SSSR count). The van der Waals surface area contributed by atoms with Crippen molar-refractivity contribution in [1.82, 2.24) is 0 Å². The zero-order chi connectivity index (χ0) is 15.2. The number of hydrogen-bond donors (Lipinski definition) is 0. The quantitative estimate of drug-likeness (QED) is 0.294. The smallest absolute Gasteiger partial charge is 0.313 e. The third-order valence-electron chi connectivity index (χ3n) is 5.09. The predicted molar refractivity (Wildman–Crippen MR) is 87.2 cm³/mol. The molecule has 3 aliphatic rings. The topological polar surface area (TPSA) is 26.3 Å². The van der Waals surface area contributed by atoms with Crippen LogP contribution in [-0.2, 0) is 9.53 Å². The third-order valence-corrected chi connectivity index (χ3v) is 5.99. The lowest BCUT2D eigenvalue weighted by Crippen LogP contribution is -2.37. The van der Waals surface area contributed by atoms with Crippen LogP contribution in [0.1, 0.15) is 32.6 Å². The molecule has 0 N–H and O–H groups in total. The summed E-state index contributed by atoms with van der Waals surface area (Å²) in [6.45, 7) is 8.92. The molecule has 1 saturated carbocycles. The molecule has 0 aromatic heterocycles. The fraction of sp³-hybridized carbons (Fsp3) is 0.722. The van der Waals surface area contributed by atoms with E-state index < -0.39 is 8.07 Å². The van der Waals surface area contributed by atoms with Gasteiger partial charge >= 0.3 is 5.97 Å². The van der Waals surface area contributed by atoms with Crippen LogP contribution in [0, 0.1) is 35.1 Å². The Balaban J connectivity index is 1.99. The van der Waals surface area contributed by atoms with Crippen molar-refractivity contribution in [2.24, 2.45) is 23.7 Å². The first kappa shape index (κ1) is 14.9. The number of hydrogen-bond acceptors (Lipinski definition) is 2. The Morgan fingerprint density at radius 3 is 2.76 bits per heavy atom. The first-order chi connectivity index (χ1) is 9.87. The van der Waals surface area contributed by atoms with Crippen LogP contribution in [0.15, 0.2) is 11.6 Å². The Morgan fingerprint density at radius 1 is 1.29 bits per heavy atom. The maximum Gasteiger partial charge on any atom is 0.313 e. The van der Waals surface area contributed by atoms with E-state index in [1.54, 1.807) is 0 Å². The summed E-state index contributed by atoms with van der Waals surface area (Å²) in [5, 5.41) is 0. The summed E-state index contributed by atoms with van der Waals surface area (Å²) < 4.78 is 5.54. The molecular formula is C18H26O2Si. The van der Waals surface area contributed by atoms with Crippen molar-refractivity contribution in [3.63, 3.8) is 0 Å². The van der Waals surface area contributed by atoms with Gasteiger partial charge in [0.05, 0.1) is 5.92 Å². The molecule has 0 spiro atoms. The van der Waals surface area contributed by atoms with E-state index in [1.165, 1.54) is 24.8 Å². The summed E-state index contributed by atoms with van der Waals surface area (Å²) in [6, 6.07) is 0. The molecule has 3 heteroatoms. The lowest BCUT2D eigenvalue weighted by Gasteiger charge is -2.39. The maximum atomic E-state index is 12.1. The maximum absolute atomic E-state index is 12.1. The number of ether oxygens (including phenoxy) is 1. The molecule has 21 heavy (non-hydrogen) atoms. The van der Waals surface area contributed by atoms with E-state index in [1.807, 2.05) is 6.92 Å². The van der Waals surface area contributed by atoms with Crippen molar-refractivity contribution in [1.29, 1.82) is 0 Å². The normalized spacial score (nSPS) is 38.6. The Hall–Kier alpha value is -1.01. The van der Waals surface area contributed by atoms with Crippen LogP contribution < -0.4 is 0 Å². The molecule has 0 unspecified atom stereocenters. The molecule has 0 bridgehead atoms. The minimum Gasteiger partial charge on any atom is -0.462 e. The molecular weight excluding hydrogens is 276 g/mol. The molecule has 0 aromatic carbocycles. The lowest BCUT2D eigenvalue weighted by molar-refractivity contribution is -0.142. The van der Waals surface area contributed by atoms with Gasteiger partial charge in [0, 0.05) is 11.8 Å². The number of allylic oxidation sites excluding steroid dienone is 1. The van der Waals surface area contributed by atoms with Crippen molar-refractivity contribution in [2.75, 3.05) is 0 Å². The highest BCUT2D eigenvalue weighted by atomic mass is 28.3. The van der Waals surface area contributed by atoms with E-state index in [0.29, 0.717) is 11.8 Å². The highest BCUT2D eigenvalue weighted by molar-refractivity contribution is 6.83. The molecule has 2 fully saturated rings. The van der Waals surface area contributed by atoms with Crippen LogP contribution in [0.4, 0.5) is 0 Å². The lowest BCUT2D eigenvalue weighted by atomic mass is 9.63. The summed E-state index contributed by atoms with van der Waals surface area (Å²) in [6.07, 6.45) is 7.21. The molecule has 1 saturated heterocycles. The number of carbonyl (C=O) groups excluding carboxylic acids is 1. The summed E-state index contributed by atoms with van der Waals surface area (Å²) in [5.74, 6) is 4.73. The van der Waals surface area contributed by atoms with Crippen LogP contribution in [0.5, 0.6) is 0 Å². The van der Waals surface area contributed by atoms with Gasteiger partial charge in [0.25, 0.3) is 0 Å². The van der Waals surface area contributed by atoms with Crippen molar-refractivity contribution in [2.45, 2.75) is 58.4 Å². The highest BCUT2D eigenvalue weighted by Crippen LogP contribution is 2.49. The van der Waals surface area contributed by atoms with E-state index in [4.69, 9.17) is 4.74 Å². The Morgan fingerprint density at radius 2 is 2.05 bits per heavy atom. The van der Waals surface area contributed by atoms with Gasteiger partial charge in [0.15, 0.2) is 0 Å². The van der Waals surface area contributed by atoms with Gasteiger partial charge < -0.3 is 4.74 Å². The van der Waals surface area contributed by atoms with Crippen molar-refractivity contribution in [3.05, 3.63) is 11.6 Å². The molecule has 0 aromatic rings. The number of rotatable bonds is 0. The standard InChI is InChI=1S/C18H26O2Si/c1-12-17-15(9-10-21(2,3)4)14-8-6-5-7-13(14)11-16(17)18(19)20-12/h11-12,14-17H,5-8H2,1-4H3/t12-,14-,15+,16-,17+/m0/s1. The van der Waals surface area contributed by atoms with Gasteiger partial charge in [-0.05, 0) is 32.1 Å². The number of esters is 1. The number of fused-ring (bicyclic) bond motifs is 2. The van der Waals surface area contributed by atoms with Gasteiger partial charge in [-0.25, -0.2) is 0 Å². The molecule has 0 radical (unpaired) electrons. The Kier molecular flexibility index (Phi) is 3.77. The first-order valence-corrected chi connectivity index (χ1v) is 11.8. The SMILES string of the molecule is C[C@@H]1OC(=O)[C@H]2C=C3CCCC[C@@H]3[C@@H](C#C[Si](C)(C)C)[C@@H]12. The number of cyclic esters (lactones) is 1. The zero-order valence-electron chi connectivity index (χ0n) is 13.6. The third kappa shape index (κ3) is 2.83. The van der Waals surface area contributed by atoms with Gasteiger partial charge in [-0.1, -0.05) is 37.7 Å². The predicted octanol–water partition coefficient (Wildman–Crippen LogP) is 3.79. The van der Waals surface area contributed by atoms with Gasteiger partial charge in [0.2, 0.25) is 0 Å². The van der Waals surface area contributed by atoms with Gasteiger partial charge in [-0.3, -0.25) is 4.79 Å². The van der Waals surface area contributed by atoms with E-state index in [2.05, 4.69) is 37.2 Å². The molecule has 1 heterocycles. The largest absolute Gasteiger partial charge is 0.462 e. The number of carbonyl (C=O) groups is 1. The van der Waals surface area contributed by atoms with Gasteiger partial charge in [-0.15, -0.1) is 11.5 Å². The second kappa shape index (κ2) is 5.32. The Bertz CT molecular complexity index is 532. The summed E-state index contributed by atoms with van der Waals surface area (Å²) in [7, 11) is -1.39. The molecule has 2 nitrogen and oxygen atoms in total. The van der Waals surface area contributed by atoms with Crippen molar-refractivity contribution < 1.29 is 9.53 Å². The highest BCUT2D eigenvalue weighted by Gasteiger charge is 2.50. The van der Waals surface area contributed by atoms with E-state index >= 15 is 0 Å². The summed E-state index contributed by atoms with van der Waals surface area (Å²) in [4.78, 5) is 12.1. The molecule has 1 aliphatic heterocycles. The second-order valence-electron chi connectivity index (χ2n) is 7.88. The van der Waals surface area contributed by atoms with Crippen LogP contribution in [0.25, 0.3) is 0 Å². The second-order valence-corrected chi connectivity index (χ2v) is 12.6. The van der Waals surface area contributed by atoms with E-state index in [9.17, 15) is 4.79 Å². The fourth-order valence-corrected chi connectivity index (χ4v) is 4.76. The Labute approximate surface area is 129 Å². The average Bonchev–Trinajstić information content (AvgIpc) is 2.69. The minimum atomic E-state index is -1.39. The van der Waals surface area contributed by atoms with Gasteiger partial charge in [-0.2, -0.15) is 0 Å². The monoisotopic (exact) mass is 302 g/mol.